The lowest BCUT2D eigenvalue weighted by atomic mass is 9.91. The van der Waals surface area contributed by atoms with E-state index in [2.05, 4.69) is 19.2 Å². The summed E-state index contributed by atoms with van der Waals surface area (Å²) >= 11 is 0. The van der Waals surface area contributed by atoms with Gasteiger partial charge in [0.25, 0.3) is 0 Å². The number of rotatable bonds is 5. The molecule has 0 atom stereocenters. The lowest BCUT2D eigenvalue weighted by molar-refractivity contribution is 0.131. The van der Waals surface area contributed by atoms with Gasteiger partial charge in [0, 0.05) is 20.1 Å². The molecular formula is C10H23N3O. The molecule has 0 aromatic heterocycles. The summed E-state index contributed by atoms with van der Waals surface area (Å²) in [7, 11) is 1.81. The van der Waals surface area contributed by atoms with Gasteiger partial charge in [-0.3, -0.25) is 0 Å². The number of carbonyl (C=O) groups is 1. The third-order valence-corrected chi connectivity index (χ3v) is 3.04. The smallest absolute Gasteiger partial charge is 0.317 e. The molecule has 0 heterocycles. The number of nitrogens with zero attached hydrogens (tertiary/aromatic N) is 1. The van der Waals surface area contributed by atoms with E-state index in [1.807, 2.05) is 14.0 Å². The average Bonchev–Trinajstić information content (AvgIpc) is 2.21. The zero-order valence-electron chi connectivity index (χ0n) is 9.76. The summed E-state index contributed by atoms with van der Waals surface area (Å²) in [6.07, 6.45) is 1.77. The van der Waals surface area contributed by atoms with E-state index in [1.165, 1.54) is 0 Å². The Hall–Kier alpha value is -0.770. The first-order valence-electron chi connectivity index (χ1n) is 5.29. The number of carbonyl (C=O) groups excluding carboxylic acids is 1. The second kappa shape index (κ2) is 5.86. The van der Waals surface area contributed by atoms with Crippen molar-refractivity contribution in [1.29, 1.82) is 0 Å². The van der Waals surface area contributed by atoms with Gasteiger partial charge in [-0.1, -0.05) is 13.8 Å². The molecule has 14 heavy (non-hydrogen) atoms. The number of hydrogen-bond acceptors (Lipinski definition) is 2. The molecule has 4 nitrogen and oxygen atoms in total. The molecule has 2 amide bonds. The van der Waals surface area contributed by atoms with E-state index in [1.54, 1.807) is 4.90 Å². The highest BCUT2D eigenvalue weighted by Gasteiger charge is 2.32. The summed E-state index contributed by atoms with van der Waals surface area (Å²) in [6.45, 7) is 7.19. The molecule has 0 rings (SSSR count). The van der Waals surface area contributed by atoms with E-state index in [4.69, 9.17) is 5.73 Å². The fraction of sp³-hybridized carbons (Fsp3) is 0.900. The highest BCUT2D eigenvalue weighted by Crippen LogP contribution is 2.21. The molecule has 0 radical (unpaired) electrons. The van der Waals surface area contributed by atoms with Crippen LogP contribution in [-0.2, 0) is 0 Å². The minimum Gasteiger partial charge on any atom is -0.338 e. The quantitative estimate of drug-likeness (QED) is 0.701. The lowest BCUT2D eigenvalue weighted by Gasteiger charge is -2.39. The number of likely N-dealkylation sites (N-methyl/N-ethyl adjacent to an activating group) is 1. The first kappa shape index (κ1) is 13.2. The fourth-order valence-electron chi connectivity index (χ4n) is 1.64. The summed E-state index contributed by atoms with van der Waals surface area (Å²) in [5, 5.41) is 2.78. The molecule has 0 saturated heterocycles. The monoisotopic (exact) mass is 201 g/mol. The summed E-state index contributed by atoms with van der Waals surface area (Å²) in [6, 6.07) is -0.0401. The van der Waals surface area contributed by atoms with Crippen LogP contribution in [0.5, 0.6) is 0 Å². The standard InChI is InChI=1S/C10H23N3O/c1-5-10(6-2,8-11)13(4)9(14)12-7-3/h5-8,11H2,1-4H3,(H,12,14). The van der Waals surface area contributed by atoms with Crippen LogP contribution >= 0.6 is 0 Å². The maximum absolute atomic E-state index is 11.6. The summed E-state index contributed by atoms with van der Waals surface area (Å²) in [5.74, 6) is 0. The molecular weight excluding hydrogens is 178 g/mol. The Labute approximate surface area is 86.8 Å². The van der Waals surface area contributed by atoms with E-state index >= 15 is 0 Å². The fourth-order valence-corrected chi connectivity index (χ4v) is 1.64. The van der Waals surface area contributed by atoms with Gasteiger partial charge in [0.1, 0.15) is 0 Å². The van der Waals surface area contributed by atoms with Crippen molar-refractivity contribution in [1.82, 2.24) is 10.2 Å². The van der Waals surface area contributed by atoms with Gasteiger partial charge >= 0.3 is 6.03 Å². The maximum Gasteiger partial charge on any atom is 0.317 e. The molecule has 4 heteroatoms. The van der Waals surface area contributed by atoms with Crippen molar-refractivity contribution < 1.29 is 4.79 Å². The molecule has 84 valence electrons. The topological polar surface area (TPSA) is 58.4 Å². The minimum atomic E-state index is -0.195. The Kier molecular flexibility index (Phi) is 5.53. The number of urea groups is 1. The normalized spacial score (nSPS) is 11.2. The third kappa shape index (κ3) is 2.61. The second-order valence-corrected chi connectivity index (χ2v) is 3.53. The van der Waals surface area contributed by atoms with Crippen LogP contribution in [0.2, 0.25) is 0 Å². The largest absolute Gasteiger partial charge is 0.338 e. The van der Waals surface area contributed by atoms with E-state index < -0.39 is 0 Å². The van der Waals surface area contributed by atoms with Crippen molar-refractivity contribution in [3.05, 3.63) is 0 Å². The molecule has 0 aromatic rings. The molecule has 0 aliphatic heterocycles. The van der Waals surface area contributed by atoms with Gasteiger partial charge in [-0.15, -0.1) is 0 Å². The van der Waals surface area contributed by atoms with Gasteiger partial charge < -0.3 is 16.0 Å². The molecule has 3 N–H and O–H groups in total. The average molecular weight is 201 g/mol. The van der Waals surface area contributed by atoms with Crippen LogP contribution in [-0.4, -0.2) is 36.6 Å². The van der Waals surface area contributed by atoms with Crippen molar-refractivity contribution in [3.8, 4) is 0 Å². The Balaban J connectivity index is 4.57. The minimum absolute atomic E-state index is 0.0401. The Bertz CT molecular complexity index is 170. The van der Waals surface area contributed by atoms with E-state index in [-0.39, 0.29) is 11.6 Å². The molecule has 0 spiro atoms. The van der Waals surface area contributed by atoms with Gasteiger partial charge in [-0.2, -0.15) is 0 Å². The molecule has 0 aliphatic carbocycles. The zero-order valence-corrected chi connectivity index (χ0v) is 9.76. The van der Waals surface area contributed by atoms with Crippen molar-refractivity contribution in [2.45, 2.75) is 39.2 Å². The highest BCUT2D eigenvalue weighted by atomic mass is 16.2. The van der Waals surface area contributed by atoms with Gasteiger partial charge in [0.05, 0.1) is 5.54 Å². The van der Waals surface area contributed by atoms with Gasteiger partial charge in [0.15, 0.2) is 0 Å². The van der Waals surface area contributed by atoms with Crippen molar-refractivity contribution in [2.24, 2.45) is 5.73 Å². The Morgan fingerprint density at radius 1 is 1.36 bits per heavy atom. The molecule has 0 unspecified atom stereocenters. The lowest BCUT2D eigenvalue weighted by Crippen LogP contribution is -2.56. The molecule has 0 aromatic carbocycles. The summed E-state index contributed by atoms with van der Waals surface area (Å²) in [5.41, 5.74) is 5.55. The van der Waals surface area contributed by atoms with Crippen molar-refractivity contribution >= 4 is 6.03 Å². The Morgan fingerprint density at radius 3 is 2.14 bits per heavy atom. The van der Waals surface area contributed by atoms with Gasteiger partial charge in [-0.05, 0) is 19.8 Å². The maximum atomic E-state index is 11.6. The van der Waals surface area contributed by atoms with Crippen LogP contribution in [0.4, 0.5) is 4.79 Å². The molecule has 0 bridgehead atoms. The van der Waals surface area contributed by atoms with Crippen LogP contribution < -0.4 is 11.1 Å². The van der Waals surface area contributed by atoms with Crippen LogP contribution in [0.3, 0.4) is 0 Å². The Morgan fingerprint density at radius 2 is 1.86 bits per heavy atom. The first-order chi connectivity index (χ1) is 6.57. The van der Waals surface area contributed by atoms with Crippen molar-refractivity contribution in [3.63, 3.8) is 0 Å². The third-order valence-electron chi connectivity index (χ3n) is 3.04. The molecule has 0 saturated carbocycles. The number of nitrogens with one attached hydrogen (secondary N) is 1. The van der Waals surface area contributed by atoms with Crippen molar-refractivity contribution in [2.75, 3.05) is 20.1 Å². The van der Waals surface area contributed by atoms with Crippen LogP contribution in [0.25, 0.3) is 0 Å². The van der Waals surface area contributed by atoms with E-state index in [9.17, 15) is 4.79 Å². The highest BCUT2D eigenvalue weighted by molar-refractivity contribution is 5.74. The molecule has 0 aliphatic rings. The summed E-state index contributed by atoms with van der Waals surface area (Å²) < 4.78 is 0. The van der Waals surface area contributed by atoms with Gasteiger partial charge in [-0.25, -0.2) is 4.79 Å². The predicted molar refractivity (Wildman–Crippen MR) is 59.2 cm³/mol. The van der Waals surface area contributed by atoms with E-state index in [0.717, 1.165) is 12.8 Å². The first-order valence-corrected chi connectivity index (χ1v) is 5.29. The second-order valence-electron chi connectivity index (χ2n) is 3.53. The number of hydrogen-bond donors (Lipinski definition) is 2. The SMILES string of the molecule is CCNC(=O)N(C)C(CC)(CC)CN. The zero-order chi connectivity index (χ0) is 11.2. The predicted octanol–water partition coefficient (Wildman–Crippen LogP) is 1.17. The molecule has 0 fully saturated rings. The number of nitrogens with two attached hydrogens (primary N) is 1. The van der Waals surface area contributed by atoms with E-state index in [0.29, 0.717) is 13.1 Å². The van der Waals surface area contributed by atoms with Gasteiger partial charge in [0.2, 0.25) is 0 Å². The van der Waals surface area contributed by atoms with Crippen LogP contribution in [0.1, 0.15) is 33.6 Å². The summed E-state index contributed by atoms with van der Waals surface area (Å²) in [4.78, 5) is 13.4. The number of amides is 2. The van der Waals surface area contributed by atoms with Crippen LogP contribution in [0, 0.1) is 0 Å². The van der Waals surface area contributed by atoms with Crippen LogP contribution in [0.15, 0.2) is 0 Å².